The van der Waals surface area contributed by atoms with Crippen molar-refractivity contribution in [2.45, 2.75) is 39.0 Å². The second-order valence-electron chi connectivity index (χ2n) is 6.27. The fraction of sp³-hybridized carbons (Fsp3) is 0.588. The van der Waals surface area contributed by atoms with E-state index in [0.717, 1.165) is 25.9 Å². The number of likely N-dealkylation sites (tertiary alicyclic amines) is 1. The van der Waals surface area contributed by atoms with Crippen LogP contribution in [0.1, 0.15) is 38.4 Å². The maximum Gasteiger partial charge on any atom is 0.252 e. The lowest BCUT2D eigenvalue weighted by Crippen LogP contribution is -2.43. The Labute approximate surface area is 146 Å². The zero-order valence-electron chi connectivity index (χ0n) is 14.6. The summed E-state index contributed by atoms with van der Waals surface area (Å²) in [6.45, 7) is 4.09. The van der Waals surface area contributed by atoms with Crippen molar-refractivity contribution in [2.75, 3.05) is 26.2 Å². The van der Waals surface area contributed by atoms with Crippen LogP contribution in [-0.2, 0) is 16.0 Å². The van der Waals surface area contributed by atoms with Crippen molar-refractivity contribution in [3.05, 3.63) is 24.3 Å². The van der Waals surface area contributed by atoms with Gasteiger partial charge in [-0.1, -0.05) is 12.8 Å². The lowest BCUT2D eigenvalue weighted by molar-refractivity contribution is -0.140. The third kappa shape index (κ3) is 4.32. The van der Waals surface area contributed by atoms with Crippen LogP contribution in [0.3, 0.4) is 0 Å². The molecule has 134 valence electrons. The van der Waals surface area contributed by atoms with E-state index in [9.17, 15) is 9.59 Å². The van der Waals surface area contributed by atoms with Gasteiger partial charge in [0.1, 0.15) is 0 Å². The molecule has 25 heavy (non-hydrogen) atoms. The van der Waals surface area contributed by atoms with E-state index in [4.69, 9.17) is 0 Å². The monoisotopic (exact) mass is 344 g/mol. The Kier molecular flexibility index (Phi) is 5.57. The minimum Gasteiger partial charge on any atom is -0.341 e. The molecule has 0 aliphatic carbocycles. The minimum atomic E-state index is -0.137. The van der Waals surface area contributed by atoms with Gasteiger partial charge in [-0.15, -0.1) is 5.10 Å². The average Bonchev–Trinajstić information content (AvgIpc) is 2.82. The van der Waals surface area contributed by atoms with Crippen molar-refractivity contribution in [3.63, 3.8) is 0 Å². The molecule has 2 aromatic rings. The molecule has 0 bridgehead atoms. The Balaban J connectivity index is 1.61. The van der Waals surface area contributed by atoms with Gasteiger partial charge in [-0.3, -0.25) is 9.59 Å². The van der Waals surface area contributed by atoms with Gasteiger partial charge < -0.3 is 9.80 Å². The lowest BCUT2D eigenvalue weighted by Gasteiger charge is -2.25. The first-order chi connectivity index (χ1) is 12.2. The number of carbonyl (C=O) groups excluding carboxylic acids is 2. The highest BCUT2D eigenvalue weighted by Crippen LogP contribution is 2.10. The van der Waals surface area contributed by atoms with Crippen LogP contribution < -0.4 is 0 Å². The first-order valence-corrected chi connectivity index (χ1v) is 8.89. The molecule has 8 heteroatoms. The summed E-state index contributed by atoms with van der Waals surface area (Å²) in [5.74, 6) is 0.779. The molecule has 3 heterocycles. The van der Waals surface area contributed by atoms with Gasteiger partial charge in [0.2, 0.25) is 11.8 Å². The largest absolute Gasteiger partial charge is 0.341 e. The van der Waals surface area contributed by atoms with Gasteiger partial charge in [-0.25, -0.2) is 9.50 Å². The summed E-state index contributed by atoms with van der Waals surface area (Å²) in [6.07, 6.45) is 7.89. The second kappa shape index (κ2) is 8.04. The fourth-order valence-corrected chi connectivity index (χ4v) is 3.06. The zero-order valence-corrected chi connectivity index (χ0v) is 14.6. The van der Waals surface area contributed by atoms with Crippen molar-refractivity contribution in [1.82, 2.24) is 29.4 Å². The van der Waals surface area contributed by atoms with E-state index in [2.05, 4.69) is 15.1 Å². The van der Waals surface area contributed by atoms with E-state index >= 15 is 0 Å². The van der Waals surface area contributed by atoms with Crippen LogP contribution >= 0.6 is 0 Å². The number of nitrogens with zero attached hydrogens (tertiary/aromatic N) is 6. The van der Waals surface area contributed by atoms with Crippen molar-refractivity contribution in [3.8, 4) is 0 Å². The quantitative estimate of drug-likeness (QED) is 0.805. The van der Waals surface area contributed by atoms with Gasteiger partial charge in [0.05, 0.1) is 13.0 Å². The molecule has 3 rings (SSSR count). The minimum absolute atomic E-state index is 0.0294. The van der Waals surface area contributed by atoms with E-state index in [1.54, 1.807) is 27.9 Å². The summed E-state index contributed by atoms with van der Waals surface area (Å²) in [4.78, 5) is 36.9. The Morgan fingerprint density at radius 2 is 1.96 bits per heavy atom. The predicted molar refractivity (Wildman–Crippen MR) is 91.8 cm³/mol. The third-order valence-electron chi connectivity index (χ3n) is 4.49. The maximum atomic E-state index is 12.6. The van der Waals surface area contributed by atoms with Crippen LogP contribution in [0.15, 0.2) is 18.5 Å². The van der Waals surface area contributed by atoms with Gasteiger partial charge in [0.15, 0.2) is 5.82 Å². The molecule has 0 aromatic carbocycles. The molecule has 1 saturated heterocycles. The van der Waals surface area contributed by atoms with Gasteiger partial charge in [0.25, 0.3) is 5.78 Å². The number of aromatic nitrogens is 4. The molecule has 0 saturated carbocycles. The molecule has 1 aliphatic rings. The number of fused-ring (bicyclic) bond motifs is 1. The first-order valence-electron chi connectivity index (χ1n) is 8.89. The smallest absolute Gasteiger partial charge is 0.252 e. The number of amides is 2. The van der Waals surface area contributed by atoms with Gasteiger partial charge in [0, 0.05) is 32.0 Å². The Hall–Kier alpha value is -2.51. The summed E-state index contributed by atoms with van der Waals surface area (Å²) in [5, 5.41) is 4.25. The average molecular weight is 344 g/mol. The summed E-state index contributed by atoms with van der Waals surface area (Å²) >= 11 is 0. The summed E-state index contributed by atoms with van der Waals surface area (Å²) in [5.41, 5.74) is 0. The SMILES string of the molecule is CCN(CC(=O)N1CCCCCC1)C(=O)Cc1nc2ncccn2n1. The van der Waals surface area contributed by atoms with Crippen molar-refractivity contribution >= 4 is 17.6 Å². The number of likely N-dealkylation sites (N-methyl/N-ethyl adjacent to an activating group) is 1. The molecule has 2 amide bonds. The van der Waals surface area contributed by atoms with Crippen molar-refractivity contribution in [2.24, 2.45) is 0 Å². The van der Waals surface area contributed by atoms with E-state index in [-0.39, 0.29) is 24.8 Å². The maximum absolute atomic E-state index is 12.6. The number of rotatable bonds is 5. The first kappa shape index (κ1) is 17.3. The van der Waals surface area contributed by atoms with Crippen molar-refractivity contribution in [1.29, 1.82) is 0 Å². The fourth-order valence-electron chi connectivity index (χ4n) is 3.06. The number of hydrogen-bond acceptors (Lipinski definition) is 5. The van der Waals surface area contributed by atoms with E-state index in [1.807, 2.05) is 11.8 Å². The molecule has 1 fully saturated rings. The van der Waals surface area contributed by atoms with Crippen LogP contribution in [0.2, 0.25) is 0 Å². The molecule has 2 aromatic heterocycles. The Morgan fingerprint density at radius 3 is 2.64 bits per heavy atom. The molecule has 0 atom stereocenters. The van der Waals surface area contributed by atoms with Crippen LogP contribution in [0, 0.1) is 0 Å². The standard InChI is InChI=1S/C17H24N6O2/c1-2-21(13-16(25)22-9-5-3-4-6-10-22)15(24)12-14-19-17-18-8-7-11-23(17)20-14/h7-8,11H,2-6,9-10,12-13H2,1H3. The highest BCUT2D eigenvalue weighted by atomic mass is 16.2. The molecular formula is C17H24N6O2. The topological polar surface area (TPSA) is 83.7 Å². The van der Waals surface area contributed by atoms with Crippen molar-refractivity contribution < 1.29 is 9.59 Å². The second-order valence-corrected chi connectivity index (χ2v) is 6.27. The summed E-state index contributed by atoms with van der Waals surface area (Å²) in [6, 6.07) is 1.76. The molecule has 0 spiro atoms. The summed E-state index contributed by atoms with van der Waals surface area (Å²) < 4.78 is 1.54. The predicted octanol–water partition coefficient (Wildman–Crippen LogP) is 0.918. The number of carbonyl (C=O) groups is 2. The van der Waals surface area contributed by atoms with E-state index < -0.39 is 0 Å². The zero-order chi connectivity index (χ0) is 17.6. The Bertz CT molecular complexity index is 703. The molecular weight excluding hydrogens is 320 g/mol. The van der Waals surface area contributed by atoms with Crippen LogP contribution in [0.5, 0.6) is 0 Å². The third-order valence-corrected chi connectivity index (χ3v) is 4.49. The molecule has 0 unspecified atom stereocenters. The van der Waals surface area contributed by atoms with Gasteiger partial charge >= 0.3 is 0 Å². The molecule has 0 radical (unpaired) electrons. The normalized spacial score (nSPS) is 15.2. The van der Waals surface area contributed by atoms with Gasteiger partial charge in [-0.05, 0) is 25.8 Å². The summed E-state index contributed by atoms with van der Waals surface area (Å²) in [7, 11) is 0. The van der Waals surface area contributed by atoms with Gasteiger partial charge in [-0.2, -0.15) is 4.98 Å². The molecule has 0 N–H and O–H groups in total. The highest BCUT2D eigenvalue weighted by Gasteiger charge is 2.22. The van der Waals surface area contributed by atoms with Crippen LogP contribution in [0.4, 0.5) is 0 Å². The van der Waals surface area contributed by atoms with Crippen LogP contribution in [0.25, 0.3) is 5.78 Å². The molecule has 8 nitrogen and oxygen atoms in total. The highest BCUT2D eigenvalue weighted by molar-refractivity contribution is 5.85. The Morgan fingerprint density at radius 1 is 1.20 bits per heavy atom. The number of hydrogen-bond donors (Lipinski definition) is 0. The van der Waals surface area contributed by atoms with E-state index in [1.165, 1.54) is 12.8 Å². The molecule has 1 aliphatic heterocycles. The van der Waals surface area contributed by atoms with Crippen LogP contribution in [-0.4, -0.2) is 67.4 Å². The van der Waals surface area contributed by atoms with E-state index in [0.29, 0.717) is 18.1 Å². The lowest BCUT2D eigenvalue weighted by atomic mass is 10.2.